The Morgan fingerprint density at radius 2 is 1.95 bits per heavy atom. The van der Waals surface area contributed by atoms with E-state index in [1.54, 1.807) is 6.92 Å². The van der Waals surface area contributed by atoms with Gasteiger partial charge in [0.25, 0.3) is 10.0 Å². The molecule has 10 heteroatoms. The molecule has 0 aliphatic heterocycles. The highest BCUT2D eigenvalue weighted by atomic mass is 32.2. The maximum absolute atomic E-state index is 11.9. The zero-order chi connectivity index (χ0) is 13.9. The van der Waals surface area contributed by atoms with Crippen LogP contribution in [0.25, 0.3) is 0 Å². The molecule has 0 aromatic carbocycles. The smallest absolute Gasteiger partial charge is 0.329 e. The highest BCUT2D eigenvalue weighted by molar-refractivity contribution is 7.92. The first-order valence-corrected chi connectivity index (χ1v) is 6.88. The van der Waals surface area contributed by atoms with Crippen LogP contribution in [0.4, 0.5) is 12.0 Å². The molecule has 2 aromatic heterocycles. The number of anilines is 2. The third-order valence-electron chi connectivity index (χ3n) is 2.02. The Hall–Kier alpha value is -2.23. The molecule has 2 aromatic rings. The number of nitrogens with zero attached hydrogens (tertiary/aromatic N) is 4. The molecule has 0 bridgehead atoms. The highest BCUT2D eigenvalue weighted by Crippen LogP contribution is 2.13. The summed E-state index contributed by atoms with van der Waals surface area (Å²) in [5.41, 5.74) is 0. The van der Waals surface area contributed by atoms with Gasteiger partial charge in [0.2, 0.25) is 11.8 Å². The van der Waals surface area contributed by atoms with Gasteiger partial charge in [-0.1, -0.05) is 5.10 Å². The van der Waals surface area contributed by atoms with Crippen molar-refractivity contribution in [3.8, 4) is 0 Å². The van der Waals surface area contributed by atoms with Gasteiger partial charge in [0.15, 0.2) is 0 Å². The van der Waals surface area contributed by atoms with Gasteiger partial charge in [0, 0.05) is 13.5 Å². The van der Waals surface area contributed by atoms with E-state index < -0.39 is 10.0 Å². The lowest BCUT2D eigenvalue weighted by Gasteiger charge is -2.04. The molecule has 0 unspecified atom stereocenters. The third-order valence-corrected chi connectivity index (χ3v) is 3.30. The first kappa shape index (κ1) is 13.2. The van der Waals surface area contributed by atoms with Crippen molar-refractivity contribution in [2.24, 2.45) is 0 Å². The van der Waals surface area contributed by atoms with E-state index >= 15 is 0 Å². The maximum Gasteiger partial charge on any atom is 0.329 e. The van der Waals surface area contributed by atoms with Crippen molar-refractivity contribution in [3.05, 3.63) is 18.3 Å². The van der Waals surface area contributed by atoms with Gasteiger partial charge < -0.3 is 9.73 Å². The second-order valence-corrected chi connectivity index (χ2v) is 5.19. The summed E-state index contributed by atoms with van der Waals surface area (Å²) in [4.78, 5) is 7.65. The third kappa shape index (κ3) is 3.16. The number of sulfonamides is 1. The zero-order valence-corrected chi connectivity index (χ0v) is 11.1. The lowest BCUT2D eigenvalue weighted by Crippen LogP contribution is -2.14. The van der Waals surface area contributed by atoms with Crippen LogP contribution in [0.5, 0.6) is 0 Å². The summed E-state index contributed by atoms with van der Waals surface area (Å²) < 4.78 is 31.0. The number of hydrogen-bond acceptors (Lipinski definition) is 8. The van der Waals surface area contributed by atoms with E-state index in [9.17, 15) is 8.42 Å². The first-order valence-electron chi connectivity index (χ1n) is 5.40. The van der Waals surface area contributed by atoms with Crippen molar-refractivity contribution in [1.82, 2.24) is 20.2 Å². The quantitative estimate of drug-likeness (QED) is 0.808. The van der Waals surface area contributed by atoms with Crippen molar-refractivity contribution >= 4 is 22.0 Å². The van der Waals surface area contributed by atoms with E-state index in [-0.39, 0.29) is 16.8 Å². The standard InChI is InChI=1S/C9H12N6O3S/c1-3-10-8-11-4-7(5-12-8)19(16,17)15-9-14-13-6(2)18-9/h4-5H,3H2,1-2H3,(H,14,15)(H,10,11,12). The van der Waals surface area contributed by atoms with E-state index in [0.717, 1.165) is 0 Å². The zero-order valence-electron chi connectivity index (χ0n) is 10.3. The van der Waals surface area contributed by atoms with Gasteiger partial charge in [-0.3, -0.25) is 0 Å². The van der Waals surface area contributed by atoms with Crippen LogP contribution in [0.3, 0.4) is 0 Å². The summed E-state index contributed by atoms with van der Waals surface area (Å²) in [6.45, 7) is 4.08. The van der Waals surface area contributed by atoms with Crippen LogP contribution in [0.2, 0.25) is 0 Å². The number of nitrogens with one attached hydrogen (secondary N) is 2. The molecule has 0 fully saturated rings. The summed E-state index contributed by atoms with van der Waals surface area (Å²) in [5, 5.41) is 9.92. The Morgan fingerprint density at radius 1 is 1.26 bits per heavy atom. The van der Waals surface area contributed by atoms with Crippen molar-refractivity contribution in [2.45, 2.75) is 18.7 Å². The Bertz CT molecular complexity index is 651. The van der Waals surface area contributed by atoms with E-state index in [1.165, 1.54) is 12.4 Å². The molecule has 0 radical (unpaired) electrons. The fraction of sp³-hybridized carbons (Fsp3) is 0.333. The second-order valence-electron chi connectivity index (χ2n) is 3.50. The number of hydrogen-bond donors (Lipinski definition) is 2. The predicted octanol–water partition coefficient (Wildman–Crippen LogP) is 0.401. The minimum atomic E-state index is -3.83. The fourth-order valence-electron chi connectivity index (χ4n) is 1.22. The van der Waals surface area contributed by atoms with E-state index in [2.05, 4.69) is 30.2 Å². The van der Waals surface area contributed by atoms with Crippen LogP contribution in [-0.2, 0) is 10.0 Å². The van der Waals surface area contributed by atoms with Gasteiger partial charge in [0.05, 0.1) is 12.4 Å². The molecule has 0 spiro atoms. The molecule has 102 valence electrons. The molecule has 2 N–H and O–H groups in total. The minimum absolute atomic E-state index is 0.0926. The van der Waals surface area contributed by atoms with Gasteiger partial charge in [-0.25, -0.2) is 23.1 Å². The Kier molecular flexibility index (Phi) is 3.60. The largest absolute Gasteiger partial charge is 0.408 e. The van der Waals surface area contributed by atoms with Crippen molar-refractivity contribution in [3.63, 3.8) is 0 Å². The maximum atomic E-state index is 11.9. The summed E-state index contributed by atoms with van der Waals surface area (Å²) >= 11 is 0. The Labute approximate surface area is 109 Å². The molecular weight excluding hydrogens is 272 g/mol. The van der Waals surface area contributed by atoms with Gasteiger partial charge in [-0.05, 0) is 6.92 Å². The van der Waals surface area contributed by atoms with Crippen LogP contribution in [0.15, 0.2) is 21.7 Å². The average molecular weight is 284 g/mol. The summed E-state index contributed by atoms with van der Waals surface area (Å²) in [6.07, 6.45) is 2.38. The minimum Gasteiger partial charge on any atom is -0.408 e. The Balaban J connectivity index is 2.19. The summed E-state index contributed by atoms with van der Waals surface area (Å²) in [6, 6.07) is -0.201. The molecular formula is C9H12N6O3S. The van der Waals surface area contributed by atoms with Crippen molar-refractivity contribution < 1.29 is 12.8 Å². The van der Waals surface area contributed by atoms with Gasteiger partial charge in [-0.2, -0.15) is 0 Å². The fourth-order valence-corrected chi connectivity index (χ4v) is 2.03. The Morgan fingerprint density at radius 3 is 2.47 bits per heavy atom. The normalized spacial score (nSPS) is 11.3. The van der Waals surface area contributed by atoms with Gasteiger partial charge in [0.1, 0.15) is 4.90 Å². The molecule has 0 aliphatic rings. The molecule has 0 aliphatic carbocycles. The number of aromatic nitrogens is 4. The van der Waals surface area contributed by atoms with Crippen molar-refractivity contribution in [1.29, 1.82) is 0 Å². The van der Waals surface area contributed by atoms with Crippen LogP contribution < -0.4 is 10.0 Å². The lowest BCUT2D eigenvalue weighted by atomic mass is 10.6. The summed E-state index contributed by atoms with van der Waals surface area (Å²) in [7, 11) is -3.83. The summed E-state index contributed by atoms with van der Waals surface area (Å²) in [5.74, 6) is 0.617. The monoisotopic (exact) mass is 284 g/mol. The topological polar surface area (TPSA) is 123 Å². The number of aryl methyl sites for hydroxylation is 1. The molecule has 19 heavy (non-hydrogen) atoms. The van der Waals surface area contributed by atoms with Gasteiger partial charge >= 0.3 is 6.01 Å². The number of rotatable bonds is 5. The van der Waals surface area contributed by atoms with E-state index in [0.29, 0.717) is 12.5 Å². The van der Waals surface area contributed by atoms with Crippen molar-refractivity contribution in [2.75, 3.05) is 16.6 Å². The van der Waals surface area contributed by atoms with Gasteiger partial charge in [-0.15, -0.1) is 5.10 Å². The highest BCUT2D eigenvalue weighted by Gasteiger charge is 2.18. The molecule has 0 saturated carbocycles. The molecule has 0 atom stereocenters. The van der Waals surface area contributed by atoms with E-state index in [4.69, 9.17) is 4.42 Å². The first-order chi connectivity index (χ1) is 9.01. The molecule has 9 nitrogen and oxygen atoms in total. The average Bonchev–Trinajstić information content (AvgIpc) is 2.75. The van der Waals surface area contributed by atoms with Crippen LogP contribution in [0.1, 0.15) is 12.8 Å². The molecule has 2 heterocycles. The lowest BCUT2D eigenvalue weighted by molar-refractivity contribution is 0.534. The second kappa shape index (κ2) is 5.18. The van der Waals surface area contributed by atoms with Crippen LogP contribution >= 0.6 is 0 Å². The SMILES string of the molecule is CCNc1ncc(S(=O)(=O)Nc2nnc(C)o2)cn1. The van der Waals surface area contributed by atoms with Crippen LogP contribution in [-0.4, -0.2) is 35.1 Å². The molecule has 0 amide bonds. The molecule has 0 saturated heterocycles. The molecule has 2 rings (SSSR count). The van der Waals surface area contributed by atoms with E-state index in [1.807, 2.05) is 6.92 Å². The predicted molar refractivity (Wildman–Crippen MR) is 66.0 cm³/mol. The van der Waals surface area contributed by atoms with Crippen LogP contribution in [0, 0.1) is 6.92 Å².